The topological polar surface area (TPSA) is 90.2 Å². The molecule has 0 aliphatic heterocycles. The number of hydrogen-bond acceptors (Lipinski definition) is 6. The molecule has 0 radical (unpaired) electrons. The van der Waals surface area contributed by atoms with Crippen LogP contribution in [0, 0.1) is 10.1 Å². The molecule has 110 valence electrons. The SMILES string of the molecule is O=[N+]([O-])c1cnc(Nc2ccc(OC(F)(F)F)cc2)nc1. The molecule has 10 heteroatoms. The molecule has 0 unspecified atom stereocenters. The van der Waals surface area contributed by atoms with Gasteiger partial charge in [-0.3, -0.25) is 10.1 Å². The molecule has 2 aromatic rings. The van der Waals surface area contributed by atoms with E-state index < -0.39 is 11.3 Å². The van der Waals surface area contributed by atoms with E-state index in [4.69, 9.17) is 0 Å². The van der Waals surface area contributed by atoms with Crippen molar-refractivity contribution in [1.29, 1.82) is 0 Å². The zero-order valence-corrected chi connectivity index (χ0v) is 10.2. The lowest BCUT2D eigenvalue weighted by atomic mass is 10.3. The average Bonchev–Trinajstić information content (AvgIpc) is 2.40. The van der Waals surface area contributed by atoms with Gasteiger partial charge in [0.2, 0.25) is 5.95 Å². The molecule has 0 spiro atoms. The van der Waals surface area contributed by atoms with E-state index >= 15 is 0 Å². The minimum atomic E-state index is -4.75. The number of hydrogen-bond donors (Lipinski definition) is 1. The highest BCUT2D eigenvalue weighted by atomic mass is 19.4. The average molecular weight is 300 g/mol. The molecule has 1 aromatic carbocycles. The molecule has 0 saturated carbocycles. The van der Waals surface area contributed by atoms with Crippen LogP contribution in [0.4, 0.5) is 30.5 Å². The van der Waals surface area contributed by atoms with Gasteiger partial charge in [0, 0.05) is 5.69 Å². The summed E-state index contributed by atoms with van der Waals surface area (Å²) in [4.78, 5) is 17.2. The summed E-state index contributed by atoms with van der Waals surface area (Å²) in [5, 5.41) is 13.1. The van der Waals surface area contributed by atoms with Gasteiger partial charge in [-0.2, -0.15) is 0 Å². The van der Waals surface area contributed by atoms with Crippen molar-refractivity contribution in [3.8, 4) is 5.75 Å². The van der Waals surface area contributed by atoms with Crippen LogP contribution < -0.4 is 10.1 Å². The number of alkyl halides is 3. The van der Waals surface area contributed by atoms with Crippen molar-refractivity contribution in [3.63, 3.8) is 0 Å². The molecule has 0 amide bonds. The summed E-state index contributed by atoms with van der Waals surface area (Å²) >= 11 is 0. The van der Waals surface area contributed by atoms with Crippen molar-refractivity contribution in [2.24, 2.45) is 0 Å². The Hall–Kier alpha value is -2.91. The van der Waals surface area contributed by atoms with E-state index in [2.05, 4.69) is 20.0 Å². The molecule has 2 rings (SSSR count). The molecule has 7 nitrogen and oxygen atoms in total. The van der Waals surface area contributed by atoms with Crippen molar-refractivity contribution in [3.05, 3.63) is 46.8 Å². The molecule has 21 heavy (non-hydrogen) atoms. The lowest BCUT2D eigenvalue weighted by Gasteiger charge is -2.09. The van der Waals surface area contributed by atoms with Crippen molar-refractivity contribution in [2.75, 3.05) is 5.32 Å². The van der Waals surface area contributed by atoms with Gasteiger partial charge in [0.05, 0.1) is 4.92 Å². The van der Waals surface area contributed by atoms with Crippen LogP contribution in [0.5, 0.6) is 5.75 Å². The van der Waals surface area contributed by atoms with E-state index in [1.807, 2.05) is 0 Å². The summed E-state index contributed by atoms with van der Waals surface area (Å²) in [6.45, 7) is 0. The number of nitrogens with zero attached hydrogens (tertiary/aromatic N) is 3. The zero-order chi connectivity index (χ0) is 15.5. The fourth-order valence-electron chi connectivity index (χ4n) is 1.35. The standard InChI is InChI=1S/C11H7F3N4O3/c12-11(13,14)21-9-3-1-7(2-4-9)17-10-15-5-8(6-16-10)18(19)20/h1-6H,(H,15,16,17). The predicted molar refractivity (Wildman–Crippen MR) is 65.1 cm³/mol. The third-order valence-electron chi connectivity index (χ3n) is 2.19. The second kappa shape index (κ2) is 5.61. The Kier molecular flexibility index (Phi) is 3.87. The highest BCUT2D eigenvalue weighted by Crippen LogP contribution is 2.24. The van der Waals surface area contributed by atoms with E-state index in [1.165, 1.54) is 12.1 Å². The highest BCUT2D eigenvalue weighted by Gasteiger charge is 2.30. The van der Waals surface area contributed by atoms with Gasteiger partial charge in [-0.25, -0.2) is 9.97 Å². The maximum absolute atomic E-state index is 12.0. The third-order valence-corrected chi connectivity index (χ3v) is 2.19. The molecular formula is C11H7F3N4O3. The van der Waals surface area contributed by atoms with Crippen LogP contribution in [-0.4, -0.2) is 21.3 Å². The largest absolute Gasteiger partial charge is 0.573 e. The Morgan fingerprint density at radius 2 is 1.71 bits per heavy atom. The highest BCUT2D eigenvalue weighted by molar-refractivity contribution is 5.54. The first-order chi connectivity index (χ1) is 9.83. The Balaban J connectivity index is 2.04. The van der Waals surface area contributed by atoms with Crippen LogP contribution in [0.25, 0.3) is 0 Å². The van der Waals surface area contributed by atoms with Crippen LogP contribution in [0.3, 0.4) is 0 Å². The van der Waals surface area contributed by atoms with Crippen LogP contribution in [-0.2, 0) is 0 Å². The van der Waals surface area contributed by atoms with E-state index in [0.29, 0.717) is 5.69 Å². The molecule has 1 N–H and O–H groups in total. The molecular weight excluding hydrogens is 293 g/mol. The van der Waals surface area contributed by atoms with Gasteiger partial charge in [0.25, 0.3) is 0 Å². The molecule has 0 aliphatic rings. The fraction of sp³-hybridized carbons (Fsp3) is 0.0909. The second-order valence-corrected chi connectivity index (χ2v) is 3.72. The first kappa shape index (κ1) is 14.5. The first-order valence-corrected chi connectivity index (χ1v) is 5.43. The van der Waals surface area contributed by atoms with E-state index in [-0.39, 0.29) is 17.4 Å². The van der Waals surface area contributed by atoms with Gasteiger partial charge in [0.1, 0.15) is 18.1 Å². The number of aromatic nitrogens is 2. The minimum Gasteiger partial charge on any atom is -0.406 e. The number of ether oxygens (including phenoxy) is 1. The summed E-state index contributed by atoms with van der Waals surface area (Å²) in [7, 11) is 0. The fourth-order valence-corrected chi connectivity index (χ4v) is 1.35. The van der Waals surface area contributed by atoms with Gasteiger partial charge >= 0.3 is 12.0 Å². The monoisotopic (exact) mass is 300 g/mol. The minimum absolute atomic E-state index is 0.0742. The number of benzene rings is 1. The van der Waals surface area contributed by atoms with Crippen LogP contribution in [0.15, 0.2) is 36.7 Å². The number of rotatable bonds is 4. The van der Waals surface area contributed by atoms with Crippen molar-refractivity contribution >= 4 is 17.3 Å². The summed E-state index contributed by atoms with van der Waals surface area (Å²) in [6.07, 6.45) is -2.73. The van der Waals surface area contributed by atoms with E-state index in [0.717, 1.165) is 24.5 Å². The molecule has 0 fully saturated rings. The Labute approximate surface area is 115 Å². The summed E-state index contributed by atoms with van der Waals surface area (Å²) in [5.41, 5.74) is 0.132. The van der Waals surface area contributed by atoms with Gasteiger partial charge < -0.3 is 10.1 Å². The van der Waals surface area contributed by atoms with Crippen LogP contribution in [0.2, 0.25) is 0 Å². The first-order valence-electron chi connectivity index (χ1n) is 5.43. The zero-order valence-electron chi connectivity index (χ0n) is 10.2. The van der Waals surface area contributed by atoms with Gasteiger partial charge in [-0.05, 0) is 24.3 Å². The lowest BCUT2D eigenvalue weighted by Crippen LogP contribution is -2.16. The summed E-state index contributed by atoms with van der Waals surface area (Å²) in [6, 6.07) is 4.88. The number of nitro groups is 1. The second-order valence-electron chi connectivity index (χ2n) is 3.72. The molecule has 0 bridgehead atoms. The third kappa shape index (κ3) is 4.30. The molecule has 1 heterocycles. The van der Waals surface area contributed by atoms with Crippen LogP contribution >= 0.6 is 0 Å². The van der Waals surface area contributed by atoms with E-state index in [1.54, 1.807) is 0 Å². The predicted octanol–water partition coefficient (Wildman–Crippen LogP) is 3.03. The van der Waals surface area contributed by atoms with Crippen molar-refractivity contribution in [2.45, 2.75) is 6.36 Å². The summed E-state index contributed by atoms with van der Waals surface area (Å²) < 4.78 is 39.7. The molecule has 1 aromatic heterocycles. The Bertz CT molecular complexity index is 629. The van der Waals surface area contributed by atoms with Crippen molar-refractivity contribution in [1.82, 2.24) is 9.97 Å². The maximum atomic E-state index is 12.0. The summed E-state index contributed by atoms with van der Waals surface area (Å²) in [5.74, 6) is -0.289. The van der Waals surface area contributed by atoms with Gasteiger partial charge in [-0.15, -0.1) is 13.2 Å². The van der Waals surface area contributed by atoms with Crippen LogP contribution in [0.1, 0.15) is 0 Å². The molecule has 0 aliphatic carbocycles. The number of nitrogens with one attached hydrogen (secondary N) is 1. The van der Waals surface area contributed by atoms with Crippen molar-refractivity contribution < 1.29 is 22.8 Å². The normalized spacial score (nSPS) is 11.0. The Morgan fingerprint density at radius 3 is 2.19 bits per heavy atom. The quantitative estimate of drug-likeness (QED) is 0.689. The molecule has 0 atom stereocenters. The van der Waals surface area contributed by atoms with Gasteiger partial charge in [0.15, 0.2) is 0 Å². The maximum Gasteiger partial charge on any atom is 0.573 e. The number of anilines is 2. The number of halogens is 3. The molecule has 0 saturated heterocycles. The van der Waals surface area contributed by atoms with Gasteiger partial charge in [-0.1, -0.05) is 0 Å². The smallest absolute Gasteiger partial charge is 0.406 e. The van der Waals surface area contributed by atoms with E-state index in [9.17, 15) is 23.3 Å². The Morgan fingerprint density at radius 1 is 1.14 bits per heavy atom. The lowest BCUT2D eigenvalue weighted by molar-refractivity contribution is -0.385.